The average Bonchev–Trinajstić information content (AvgIpc) is 2.68. The molecule has 0 bridgehead atoms. The molecule has 2 unspecified atom stereocenters. The van der Waals surface area contributed by atoms with Crippen LogP contribution in [0, 0.1) is 0 Å². The van der Waals surface area contributed by atoms with E-state index in [-0.39, 0.29) is 5.54 Å². The first-order valence-electron chi connectivity index (χ1n) is 6.20. The van der Waals surface area contributed by atoms with Crippen LogP contribution >= 0.6 is 11.8 Å². The molecule has 0 aromatic carbocycles. The van der Waals surface area contributed by atoms with E-state index in [4.69, 9.17) is 5.73 Å². The smallest absolute Gasteiger partial charge is 0.0470 e. The molecule has 0 radical (unpaired) electrons. The molecule has 1 rings (SSSR count). The molecule has 0 amide bonds. The Labute approximate surface area is 105 Å². The Kier molecular flexibility index (Phi) is 5.57. The van der Waals surface area contributed by atoms with E-state index in [2.05, 4.69) is 37.1 Å². The zero-order valence-electron chi connectivity index (χ0n) is 11.2. The average molecular weight is 245 g/mol. The van der Waals surface area contributed by atoms with E-state index in [0.717, 1.165) is 13.1 Å². The lowest BCUT2D eigenvalue weighted by molar-refractivity contribution is 0.0924. The minimum atomic E-state index is 0.213. The third kappa shape index (κ3) is 2.92. The van der Waals surface area contributed by atoms with Crippen molar-refractivity contribution in [2.24, 2.45) is 5.73 Å². The van der Waals surface area contributed by atoms with Crippen LogP contribution in [0.4, 0.5) is 0 Å². The summed E-state index contributed by atoms with van der Waals surface area (Å²) in [6, 6.07) is 0.657. The second kappa shape index (κ2) is 6.24. The first-order valence-corrected chi connectivity index (χ1v) is 7.59. The van der Waals surface area contributed by atoms with Gasteiger partial charge in [0.25, 0.3) is 0 Å². The van der Waals surface area contributed by atoms with Crippen molar-refractivity contribution in [3.05, 3.63) is 0 Å². The lowest BCUT2D eigenvalue weighted by Gasteiger charge is -2.42. The van der Waals surface area contributed by atoms with Crippen LogP contribution in [-0.2, 0) is 0 Å². The van der Waals surface area contributed by atoms with Gasteiger partial charge in [-0.2, -0.15) is 11.8 Å². The molecule has 1 aliphatic heterocycles. The molecular weight excluding hydrogens is 218 g/mol. The van der Waals surface area contributed by atoms with Crippen molar-refractivity contribution in [3.8, 4) is 0 Å². The maximum Gasteiger partial charge on any atom is 0.0470 e. The van der Waals surface area contributed by atoms with Crippen LogP contribution in [0.1, 0.15) is 19.8 Å². The van der Waals surface area contributed by atoms with Crippen molar-refractivity contribution in [3.63, 3.8) is 0 Å². The zero-order valence-corrected chi connectivity index (χ0v) is 12.0. The van der Waals surface area contributed by atoms with Gasteiger partial charge in [0.1, 0.15) is 0 Å². The van der Waals surface area contributed by atoms with E-state index in [1.165, 1.54) is 25.1 Å². The van der Waals surface area contributed by atoms with Crippen molar-refractivity contribution in [2.45, 2.75) is 31.3 Å². The molecule has 1 fully saturated rings. The summed E-state index contributed by atoms with van der Waals surface area (Å²) in [5.74, 6) is 1.21. The van der Waals surface area contributed by atoms with Gasteiger partial charge in [0.15, 0.2) is 0 Å². The maximum absolute atomic E-state index is 6.05. The van der Waals surface area contributed by atoms with Crippen LogP contribution in [0.25, 0.3) is 0 Å². The Morgan fingerprint density at radius 2 is 2.25 bits per heavy atom. The molecule has 1 heterocycles. The van der Waals surface area contributed by atoms with Gasteiger partial charge in [0, 0.05) is 30.4 Å². The predicted molar refractivity (Wildman–Crippen MR) is 74.1 cm³/mol. The van der Waals surface area contributed by atoms with Crippen LogP contribution in [0.2, 0.25) is 0 Å². The van der Waals surface area contributed by atoms with E-state index >= 15 is 0 Å². The highest BCUT2D eigenvalue weighted by Crippen LogP contribution is 2.28. The highest BCUT2D eigenvalue weighted by molar-refractivity contribution is 7.98. The Bertz CT molecular complexity index is 212. The molecular formula is C12H27N3S. The lowest BCUT2D eigenvalue weighted by atomic mass is 9.94. The highest BCUT2D eigenvalue weighted by atomic mass is 32.2. The summed E-state index contributed by atoms with van der Waals surface area (Å²) in [5, 5.41) is 0. The number of nitrogens with two attached hydrogens (primary N) is 1. The predicted octanol–water partition coefficient (Wildman–Crippen LogP) is 1.09. The topological polar surface area (TPSA) is 32.5 Å². The molecule has 0 saturated carbocycles. The Hall–Kier alpha value is 0.230. The summed E-state index contributed by atoms with van der Waals surface area (Å²) >= 11 is 1.94. The summed E-state index contributed by atoms with van der Waals surface area (Å²) in [7, 11) is 4.46. The SMILES string of the molecule is CCC(CSC)N(C)C1(CN)CCN(C)C1. The number of thioether (sulfide) groups is 1. The van der Waals surface area contributed by atoms with E-state index in [1.807, 2.05) is 11.8 Å². The van der Waals surface area contributed by atoms with Gasteiger partial charge in [-0.05, 0) is 39.7 Å². The summed E-state index contributed by atoms with van der Waals surface area (Å²) in [6.45, 7) is 5.35. The van der Waals surface area contributed by atoms with Gasteiger partial charge < -0.3 is 10.6 Å². The van der Waals surface area contributed by atoms with Crippen LogP contribution in [0.15, 0.2) is 0 Å². The number of likely N-dealkylation sites (N-methyl/N-ethyl adjacent to an activating group) is 2. The minimum absolute atomic E-state index is 0.213. The molecule has 0 aromatic heterocycles. The molecule has 1 saturated heterocycles. The van der Waals surface area contributed by atoms with Gasteiger partial charge in [0.2, 0.25) is 0 Å². The Morgan fingerprint density at radius 3 is 2.62 bits per heavy atom. The second-order valence-electron chi connectivity index (χ2n) is 5.04. The Balaban J connectivity index is 2.71. The van der Waals surface area contributed by atoms with Crippen molar-refractivity contribution in [1.29, 1.82) is 0 Å². The number of hydrogen-bond donors (Lipinski definition) is 1. The van der Waals surface area contributed by atoms with Crippen LogP contribution in [0.3, 0.4) is 0 Å². The van der Waals surface area contributed by atoms with Crippen LogP contribution in [-0.4, -0.2) is 67.1 Å². The minimum Gasteiger partial charge on any atom is -0.329 e. The van der Waals surface area contributed by atoms with Crippen molar-refractivity contribution in [2.75, 3.05) is 45.7 Å². The third-order valence-corrected chi connectivity index (χ3v) is 4.75. The van der Waals surface area contributed by atoms with Crippen molar-refractivity contribution >= 4 is 11.8 Å². The number of hydrogen-bond acceptors (Lipinski definition) is 4. The molecule has 0 aromatic rings. The molecule has 96 valence electrons. The monoisotopic (exact) mass is 245 g/mol. The number of likely N-dealkylation sites (tertiary alicyclic amines) is 1. The third-order valence-electron chi connectivity index (χ3n) is 4.03. The molecule has 2 N–H and O–H groups in total. The van der Waals surface area contributed by atoms with Crippen molar-refractivity contribution < 1.29 is 0 Å². The fraction of sp³-hybridized carbons (Fsp3) is 1.00. The summed E-state index contributed by atoms with van der Waals surface area (Å²) in [5.41, 5.74) is 6.26. The molecule has 16 heavy (non-hydrogen) atoms. The molecule has 4 heteroatoms. The largest absolute Gasteiger partial charge is 0.329 e. The summed E-state index contributed by atoms with van der Waals surface area (Å²) < 4.78 is 0. The van der Waals surface area contributed by atoms with E-state index in [1.54, 1.807) is 0 Å². The van der Waals surface area contributed by atoms with Gasteiger partial charge >= 0.3 is 0 Å². The fourth-order valence-electron chi connectivity index (χ4n) is 2.74. The normalized spacial score (nSPS) is 28.9. The first kappa shape index (κ1) is 14.3. The quantitative estimate of drug-likeness (QED) is 0.759. The lowest BCUT2D eigenvalue weighted by Crippen LogP contribution is -2.57. The van der Waals surface area contributed by atoms with Gasteiger partial charge in [-0.25, -0.2) is 0 Å². The van der Waals surface area contributed by atoms with Crippen LogP contribution in [0.5, 0.6) is 0 Å². The zero-order chi connectivity index (χ0) is 12.2. The van der Waals surface area contributed by atoms with Gasteiger partial charge in [-0.3, -0.25) is 4.90 Å². The van der Waals surface area contributed by atoms with E-state index < -0.39 is 0 Å². The molecule has 3 nitrogen and oxygen atoms in total. The summed E-state index contributed by atoms with van der Waals surface area (Å²) in [6.07, 6.45) is 4.61. The second-order valence-corrected chi connectivity index (χ2v) is 5.96. The highest BCUT2D eigenvalue weighted by Gasteiger charge is 2.41. The Morgan fingerprint density at radius 1 is 1.56 bits per heavy atom. The van der Waals surface area contributed by atoms with Crippen LogP contribution < -0.4 is 5.73 Å². The maximum atomic E-state index is 6.05. The molecule has 0 aliphatic carbocycles. The molecule has 1 aliphatic rings. The van der Waals surface area contributed by atoms with Crippen molar-refractivity contribution in [1.82, 2.24) is 9.80 Å². The number of rotatable bonds is 6. The molecule has 2 atom stereocenters. The fourth-order valence-corrected chi connectivity index (χ4v) is 3.59. The number of nitrogens with zero attached hydrogens (tertiary/aromatic N) is 2. The van der Waals surface area contributed by atoms with E-state index in [9.17, 15) is 0 Å². The molecule has 0 spiro atoms. The van der Waals surface area contributed by atoms with Gasteiger partial charge in [-0.15, -0.1) is 0 Å². The van der Waals surface area contributed by atoms with Gasteiger partial charge in [-0.1, -0.05) is 6.92 Å². The van der Waals surface area contributed by atoms with Gasteiger partial charge in [0.05, 0.1) is 0 Å². The summed E-state index contributed by atoms with van der Waals surface area (Å²) in [4.78, 5) is 4.95. The van der Waals surface area contributed by atoms with E-state index in [0.29, 0.717) is 6.04 Å². The first-order chi connectivity index (χ1) is 7.59. The standard InChI is InChI=1S/C12H27N3S/c1-5-11(8-16-4)15(3)12(9-13)6-7-14(2)10-12/h11H,5-10,13H2,1-4H3.